The summed E-state index contributed by atoms with van der Waals surface area (Å²) in [4.78, 5) is 49.8. The Morgan fingerprint density at radius 3 is 2.33 bits per heavy atom. The van der Waals surface area contributed by atoms with E-state index in [0.717, 1.165) is 10.2 Å². The van der Waals surface area contributed by atoms with Crippen molar-refractivity contribution < 1.29 is 14.5 Å². The zero-order chi connectivity index (χ0) is 33.0. The number of hydrogen-bond donors (Lipinski definition) is 1. The van der Waals surface area contributed by atoms with Gasteiger partial charge >= 0.3 is 0 Å². The van der Waals surface area contributed by atoms with Gasteiger partial charge in [0, 0.05) is 17.3 Å². The average Bonchev–Trinajstić information content (AvgIpc) is 3.65. The minimum absolute atomic E-state index is 0.0991. The van der Waals surface area contributed by atoms with Crippen LogP contribution in [0.25, 0.3) is 16.3 Å². The summed E-state index contributed by atoms with van der Waals surface area (Å²) in [6.07, 6.45) is 1.65. The first kappa shape index (κ1) is 31.1. The molecule has 1 fully saturated rings. The summed E-state index contributed by atoms with van der Waals surface area (Å²) >= 11 is 3.79. The van der Waals surface area contributed by atoms with Gasteiger partial charge in [0.15, 0.2) is 9.51 Å². The number of aliphatic imine (C=N–C) groups is 1. The van der Waals surface area contributed by atoms with E-state index in [1.54, 1.807) is 53.4 Å². The molecule has 0 bridgehead atoms. The van der Waals surface area contributed by atoms with E-state index >= 15 is 0 Å². The van der Waals surface area contributed by atoms with Crippen molar-refractivity contribution in [3.05, 3.63) is 154 Å². The third kappa shape index (κ3) is 6.76. The second-order valence-electron chi connectivity index (χ2n) is 10.4. The summed E-state index contributed by atoms with van der Waals surface area (Å²) in [5, 5.41) is 15.6. The second kappa shape index (κ2) is 13.7. The number of thioether (sulfide) groups is 1. The molecule has 0 spiro atoms. The van der Waals surface area contributed by atoms with Crippen LogP contribution in [0.15, 0.2) is 147 Å². The number of nitrogens with zero attached hydrogens (tertiary/aromatic N) is 4. The predicted octanol–water partition coefficient (Wildman–Crippen LogP) is 9.42. The van der Waals surface area contributed by atoms with Crippen molar-refractivity contribution in [1.29, 1.82) is 0 Å². The van der Waals surface area contributed by atoms with Crippen molar-refractivity contribution in [2.75, 3.05) is 10.2 Å². The van der Waals surface area contributed by atoms with Crippen molar-refractivity contribution in [3.8, 4) is 0 Å². The van der Waals surface area contributed by atoms with Crippen LogP contribution in [0, 0.1) is 10.1 Å². The first-order chi connectivity index (χ1) is 23.4. The van der Waals surface area contributed by atoms with Gasteiger partial charge in [0.1, 0.15) is 0 Å². The highest BCUT2D eigenvalue weighted by atomic mass is 32.2. The Kier molecular flexibility index (Phi) is 8.84. The lowest BCUT2D eigenvalue weighted by atomic mass is 10.2. The fourth-order valence-corrected chi connectivity index (χ4v) is 8.03. The zero-order valence-electron chi connectivity index (χ0n) is 24.8. The standard InChI is InChI=1S/C36H23N5O4S3/c42-33(24-10-4-1-5-11-24)37-26-17-18-28-31(22-26)48-36(39-28)47-30-19-16-23(20-29(30)41(44)45)21-32-34(43)40(27-14-8-3-9-15-27)35(46-32)38-25-12-6-2-7-13-25/h1-22H,(H,37,42)/b32-21-,38-35?. The molecular weight excluding hydrogens is 663 g/mol. The molecule has 7 rings (SSSR count). The Bertz CT molecular complexity index is 2240. The van der Waals surface area contributed by atoms with E-state index in [4.69, 9.17) is 4.99 Å². The van der Waals surface area contributed by atoms with E-state index < -0.39 is 4.92 Å². The van der Waals surface area contributed by atoms with Gasteiger partial charge < -0.3 is 5.32 Å². The van der Waals surface area contributed by atoms with Gasteiger partial charge in [0.25, 0.3) is 17.5 Å². The van der Waals surface area contributed by atoms with Crippen LogP contribution < -0.4 is 10.2 Å². The summed E-state index contributed by atoms with van der Waals surface area (Å²) in [6, 6.07) is 37.9. The zero-order valence-corrected chi connectivity index (χ0v) is 27.3. The molecule has 0 saturated carbocycles. The number of amides is 2. The molecule has 12 heteroatoms. The van der Waals surface area contributed by atoms with E-state index in [2.05, 4.69) is 10.3 Å². The smallest absolute Gasteiger partial charge is 0.283 e. The van der Waals surface area contributed by atoms with E-state index in [-0.39, 0.29) is 17.5 Å². The number of rotatable bonds is 8. The number of carbonyl (C=O) groups excluding carboxylic acids is 2. The lowest BCUT2D eigenvalue weighted by Gasteiger charge is -2.15. The maximum Gasteiger partial charge on any atom is 0.283 e. The molecule has 5 aromatic carbocycles. The molecule has 9 nitrogen and oxygen atoms in total. The van der Waals surface area contributed by atoms with E-state index in [1.165, 1.54) is 40.9 Å². The maximum atomic E-state index is 13.7. The van der Waals surface area contributed by atoms with Crippen LogP contribution in [0.5, 0.6) is 0 Å². The molecule has 1 aromatic heterocycles. The summed E-state index contributed by atoms with van der Waals surface area (Å²) < 4.78 is 1.45. The molecule has 1 saturated heterocycles. The predicted molar refractivity (Wildman–Crippen MR) is 194 cm³/mol. The fourth-order valence-electron chi connectivity index (χ4n) is 4.88. The second-order valence-corrected chi connectivity index (χ2v) is 13.7. The number of amidine groups is 1. The summed E-state index contributed by atoms with van der Waals surface area (Å²) in [5.41, 5.74) is 3.69. The lowest BCUT2D eigenvalue weighted by Crippen LogP contribution is -2.28. The molecule has 0 radical (unpaired) electrons. The molecule has 1 aliphatic heterocycles. The van der Waals surface area contributed by atoms with Crippen LogP contribution >= 0.6 is 34.9 Å². The molecule has 0 atom stereocenters. The third-order valence-electron chi connectivity index (χ3n) is 7.14. The summed E-state index contributed by atoms with van der Waals surface area (Å²) in [7, 11) is 0. The van der Waals surface area contributed by atoms with Gasteiger partial charge in [-0.2, -0.15) is 0 Å². The number of thiazole rings is 1. The largest absolute Gasteiger partial charge is 0.322 e. The molecule has 0 unspecified atom stereocenters. The van der Waals surface area contributed by atoms with Crippen LogP contribution in [0.2, 0.25) is 0 Å². The molecule has 234 valence electrons. The van der Waals surface area contributed by atoms with Gasteiger partial charge in [-0.25, -0.2) is 9.98 Å². The van der Waals surface area contributed by atoms with Gasteiger partial charge in [0.05, 0.1) is 36.3 Å². The molecular formula is C36H23N5O4S3. The third-order valence-corrected chi connectivity index (χ3v) is 10.3. The Balaban J connectivity index is 1.14. The van der Waals surface area contributed by atoms with Crippen LogP contribution in [-0.4, -0.2) is 26.9 Å². The number of para-hydroxylation sites is 2. The Morgan fingerprint density at radius 2 is 1.60 bits per heavy atom. The molecule has 48 heavy (non-hydrogen) atoms. The topological polar surface area (TPSA) is 118 Å². The van der Waals surface area contributed by atoms with Crippen LogP contribution in [-0.2, 0) is 4.79 Å². The normalized spacial score (nSPS) is 14.6. The highest BCUT2D eigenvalue weighted by Crippen LogP contribution is 2.41. The summed E-state index contributed by atoms with van der Waals surface area (Å²) in [5.74, 6) is -0.485. The molecule has 2 heterocycles. The minimum Gasteiger partial charge on any atom is -0.322 e. The van der Waals surface area contributed by atoms with Crippen LogP contribution in [0.1, 0.15) is 15.9 Å². The Hall–Kier alpha value is -5.56. The van der Waals surface area contributed by atoms with Gasteiger partial charge in [-0.3, -0.25) is 24.6 Å². The number of aromatic nitrogens is 1. The lowest BCUT2D eigenvalue weighted by molar-refractivity contribution is -0.387. The monoisotopic (exact) mass is 685 g/mol. The fraction of sp³-hybridized carbons (Fsp3) is 0. The number of carbonyl (C=O) groups is 2. The van der Waals surface area contributed by atoms with Crippen LogP contribution in [0.4, 0.5) is 22.7 Å². The highest BCUT2D eigenvalue weighted by Gasteiger charge is 2.35. The molecule has 0 aliphatic carbocycles. The molecule has 2 amide bonds. The first-order valence-corrected chi connectivity index (χ1v) is 17.0. The molecule has 1 aliphatic rings. The number of nitro groups is 1. The number of anilines is 2. The number of fused-ring (bicyclic) bond motifs is 1. The van der Waals surface area contributed by atoms with Gasteiger partial charge in [0.2, 0.25) is 0 Å². The van der Waals surface area contributed by atoms with Gasteiger partial charge in [-0.15, -0.1) is 11.3 Å². The van der Waals surface area contributed by atoms with Gasteiger partial charge in [-0.05, 0) is 84.1 Å². The van der Waals surface area contributed by atoms with Crippen LogP contribution in [0.3, 0.4) is 0 Å². The van der Waals surface area contributed by atoms with Gasteiger partial charge in [-0.1, -0.05) is 72.4 Å². The van der Waals surface area contributed by atoms with Crippen molar-refractivity contribution in [1.82, 2.24) is 4.98 Å². The van der Waals surface area contributed by atoms with E-state index in [0.29, 0.717) is 47.5 Å². The molecule has 1 N–H and O–H groups in total. The van der Waals surface area contributed by atoms with Crippen molar-refractivity contribution >= 4 is 90.9 Å². The van der Waals surface area contributed by atoms with Crippen molar-refractivity contribution in [2.24, 2.45) is 4.99 Å². The molecule has 6 aromatic rings. The Morgan fingerprint density at radius 1 is 0.896 bits per heavy atom. The van der Waals surface area contributed by atoms with E-state index in [9.17, 15) is 19.7 Å². The van der Waals surface area contributed by atoms with Crippen molar-refractivity contribution in [3.63, 3.8) is 0 Å². The SMILES string of the molecule is O=C(Nc1ccc2nc(Sc3ccc(/C=C4\SC(=Nc5ccccc5)N(c5ccccc5)C4=O)cc3[N+](=O)[O-])sc2c1)c1ccccc1. The number of nitro benzene ring substituents is 1. The van der Waals surface area contributed by atoms with Crippen molar-refractivity contribution in [2.45, 2.75) is 9.24 Å². The number of nitrogens with one attached hydrogen (secondary N) is 1. The quantitative estimate of drug-likeness (QED) is 0.0963. The average molecular weight is 686 g/mol. The number of benzene rings is 5. The minimum atomic E-state index is -0.433. The highest BCUT2D eigenvalue weighted by molar-refractivity contribution is 8.19. The summed E-state index contributed by atoms with van der Waals surface area (Å²) in [6.45, 7) is 0. The first-order valence-electron chi connectivity index (χ1n) is 14.6. The Labute approximate surface area is 287 Å². The van der Waals surface area contributed by atoms with E-state index in [1.807, 2.05) is 78.9 Å². The maximum absolute atomic E-state index is 13.7. The number of hydrogen-bond acceptors (Lipinski definition) is 9.